The Bertz CT molecular complexity index is 1070. The Morgan fingerprint density at radius 3 is 2.58 bits per heavy atom. The Morgan fingerprint density at radius 2 is 1.90 bits per heavy atom. The number of amides is 1. The summed E-state index contributed by atoms with van der Waals surface area (Å²) in [5.74, 6) is 1.66. The number of halogens is 1. The Kier molecular flexibility index (Phi) is 8.14. The molecule has 0 saturated heterocycles. The highest BCUT2D eigenvalue weighted by atomic mass is 127. The van der Waals surface area contributed by atoms with Gasteiger partial charge in [-0.15, -0.1) is 16.8 Å². The molecule has 3 aromatic rings. The van der Waals surface area contributed by atoms with E-state index in [0.717, 1.165) is 31.7 Å². The Hall–Kier alpha value is -2.33. The van der Waals surface area contributed by atoms with Gasteiger partial charge in [0.25, 0.3) is 0 Å². The van der Waals surface area contributed by atoms with Gasteiger partial charge in [0.2, 0.25) is 5.91 Å². The molecule has 1 amide bonds. The lowest BCUT2D eigenvalue weighted by Gasteiger charge is -2.13. The molecule has 6 nitrogen and oxygen atoms in total. The Labute approximate surface area is 200 Å². The number of nitrogens with zero attached hydrogens (tertiary/aromatic N) is 3. The minimum atomic E-state index is -0.0803. The number of benzene rings is 2. The Balaban J connectivity index is 1.65. The predicted octanol–water partition coefficient (Wildman–Crippen LogP) is 5.30. The van der Waals surface area contributed by atoms with Crippen molar-refractivity contribution in [2.75, 3.05) is 11.1 Å². The highest BCUT2D eigenvalue weighted by molar-refractivity contribution is 14.1. The van der Waals surface area contributed by atoms with Crippen molar-refractivity contribution in [2.45, 2.75) is 39.1 Å². The topological polar surface area (TPSA) is 69.0 Å². The van der Waals surface area contributed by atoms with Crippen molar-refractivity contribution in [1.29, 1.82) is 0 Å². The number of para-hydroxylation sites is 1. The molecule has 0 saturated carbocycles. The van der Waals surface area contributed by atoms with Gasteiger partial charge in [-0.05, 0) is 78.3 Å². The molecule has 162 valence electrons. The molecule has 0 aliphatic carbocycles. The van der Waals surface area contributed by atoms with E-state index in [-0.39, 0.29) is 11.7 Å². The van der Waals surface area contributed by atoms with E-state index in [9.17, 15) is 4.79 Å². The van der Waals surface area contributed by atoms with Crippen LogP contribution in [0.4, 0.5) is 5.69 Å². The summed E-state index contributed by atoms with van der Waals surface area (Å²) in [6.07, 6.45) is 1.78. The first-order valence-corrected chi connectivity index (χ1v) is 11.9. The smallest absolute Gasteiger partial charge is 0.234 e. The zero-order chi connectivity index (χ0) is 22.4. The molecule has 0 unspecified atom stereocenters. The van der Waals surface area contributed by atoms with Crippen molar-refractivity contribution >= 4 is 45.9 Å². The van der Waals surface area contributed by atoms with E-state index in [1.807, 2.05) is 49.6 Å². The van der Waals surface area contributed by atoms with Gasteiger partial charge in [0.1, 0.15) is 12.4 Å². The Morgan fingerprint density at radius 1 is 1.19 bits per heavy atom. The van der Waals surface area contributed by atoms with Gasteiger partial charge in [-0.2, -0.15) is 0 Å². The molecule has 0 atom stereocenters. The van der Waals surface area contributed by atoms with E-state index in [1.54, 1.807) is 6.08 Å². The quantitative estimate of drug-likeness (QED) is 0.223. The maximum Gasteiger partial charge on any atom is 0.234 e. The van der Waals surface area contributed by atoms with Crippen molar-refractivity contribution in [3.63, 3.8) is 0 Å². The van der Waals surface area contributed by atoms with E-state index < -0.39 is 0 Å². The van der Waals surface area contributed by atoms with Crippen LogP contribution in [0.25, 0.3) is 0 Å². The third kappa shape index (κ3) is 6.10. The van der Waals surface area contributed by atoms with Crippen LogP contribution in [-0.4, -0.2) is 26.4 Å². The standard InChI is InChI=1S/C23H25IN4O2S/c1-5-10-28-20(13-30-19-9-7-6-8-15(19)2)26-27-23(28)31-14-21(29)25-22-16(3)11-18(24)12-17(22)4/h5-9,11-12H,1,10,13-14H2,2-4H3,(H,25,29). The summed E-state index contributed by atoms with van der Waals surface area (Å²) < 4.78 is 8.99. The molecule has 31 heavy (non-hydrogen) atoms. The van der Waals surface area contributed by atoms with Gasteiger partial charge in [0.15, 0.2) is 11.0 Å². The summed E-state index contributed by atoms with van der Waals surface area (Å²) in [4.78, 5) is 12.6. The molecule has 3 rings (SSSR count). The van der Waals surface area contributed by atoms with Crippen LogP contribution in [-0.2, 0) is 17.9 Å². The highest BCUT2D eigenvalue weighted by Gasteiger charge is 2.15. The summed E-state index contributed by atoms with van der Waals surface area (Å²) in [6, 6.07) is 11.9. The normalized spacial score (nSPS) is 10.7. The fourth-order valence-electron chi connectivity index (χ4n) is 3.12. The second-order valence-electron chi connectivity index (χ2n) is 7.10. The average Bonchev–Trinajstić information content (AvgIpc) is 3.10. The number of allylic oxidation sites excluding steroid dienone is 1. The van der Waals surface area contributed by atoms with Crippen molar-refractivity contribution in [1.82, 2.24) is 14.8 Å². The van der Waals surface area contributed by atoms with Gasteiger partial charge >= 0.3 is 0 Å². The zero-order valence-electron chi connectivity index (χ0n) is 17.8. The zero-order valence-corrected chi connectivity index (χ0v) is 20.8. The van der Waals surface area contributed by atoms with Crippen LogP contribution >= 0.6 is 34.4 Å². The molecule has 0 bridgehead atoms. The number of thioether (sulfide) groups is 1. The molecule has 2 aromatic carbocycles. The number of rotatable bonds is 9. The number of ether oxygens (including phenoxy) is 1. The first kappa shape index (κ1) is 23.3. The molecule has 0 spiro atoms. The van der Waals surface area contributed by atoms with Gasteiger partial charge in [0, 0.05) is 15.8 Å². The minimum absolute atomic E-state index is 0.0803. The number of carbonyl (C=O) groups excluding carboxylic acids is 1. The minimum Gasteiger partial charge on any atom is -0.485 e. The van der Waals surface area contributed by atoms with Crippen molar-refractivity contribution in [2.24, 2.45) is 0 Å². The summed E-state index contributed by atoms with van der Waals surface area (Å²) in [6.45, 7) is 10.7. The van der Waals surface area contributed by atoms with Gasteiger partial charge < -0.3 is 10.1 Å². The summed E-state index contributed by atoms with van der Waals surface area (Å²) in [5.41, 5.74) is 4.03. The second kappa shape index (κ2) is 10.8. The van der Waals surface area contributed by atoms with E-state index in [1.165, 1.54) is 11.8 Å². The number of hydrogen-bond donors (Lipinski definition) is 1. The van der Waals surface area contributed by atoms with E-state index >= 15 is 0 Å². The van der Waals surface area contributed by atoms with Crippen molar-refractivity contribution in [3.05, 3.63) is 75.1 Å². The third-order valence-corrected chi connectivity index (χ3v) is 6.24. The largest absolute Gasteiger partial charge is 0.485 e. The SMILES string of the molecule is C=CCn1c(COc2ccccc2C)nnc1SCC(=O)Nc1c(C)cc(I)cc1C. The van der Waals surface area contributed by atoms with Gasteiger partial charge in [-0.3, -0.25) is 9.36 Å². The first-order chi connectivity index (χ1) is 14.9. The van der Waals surface area contributed by atoms with E-state index in [0.29, 0.717) is 24.1 Å². The van der Waals surface area contributed by atoms with Gasteiger partial charge in [0.05, 0.1) is 5.75 Å². The van der Waals surface area contributed by atoms with Crippen LogP contribution in [0.3, 0.4) is 0 Å². The molecule has 1 aromatic heterocycles. The first-order valence-electron chi connectivity index (χ1n) is 9.80. The lowest BCUT2D eigenvalue weighted by molar-refractivity contribution is -0.113. The average molecular weight is 548 g/mol. The number of anilines is 1. The molecule has 0 aliphatic rings. The summed E-state index contributed by atoms with van der Waals surface area (Å²) in [5, 5.41) is 12.2. The molecule has 1 N–H and O–H groups in total. The lowest BCUT2D eigenvalue weighted by atomic mass is 10.1. The van der Waals surface area contributed by atoms with Gasteiger partial charge in [-0.1, -0.05) is 36.0 Å². The number of aryl methyl sites for hydroxylation is 3. The van der Waals surface area contributed by atoms with Crippen LogP contribution in [0.2, 0.25) is 0 Å². The fourth-order valence-corrected chi connectivity index (χ4v) is 4.82. The van der Waals surface area contributed by atoms with Crippen LogP contribution in [0.1, 0.15) is 22.5 Å². The molecule has 0 fully saturated rings. The van der Waals surface area contributed by atoms with Crippen LogP contribution in [0, 0.1) is 24.3 Å². The molecule has 8 heteroatoms. The van der Waals surface area contributed by atoms with Crippen LogP contribution < -0.4 is 10.1 Å². The molecule has 0 radical (unpaired) electrons. The highest BCUT2D eigenvalue weighted by Crippen LogP contribution is 2.25. The molecule has 1 heterocycles. The monoisotopic (exact) mass is 548 g/mol. The summed E-state index contributed by atoms with van der Waals surface area (Å²) >= 11 is 3.63. The van der Waals surface area contributed by atoms with Crippen LogP contribution in [0.15, 0.2) is 54.2 Å². The maximum absolute atomic E-state index is 12.6. The number of hydrogen-bond acceptors (Lipinski definition) is 5. The van der Waals surface area contributed by atoms with Crippen LogP contribution in [0.5, 0.6) is 5.75 Å². The number of nitrogens with one attached hydrogen (secondary N) is 1. The van der Waals surface area contributed by atoms with Crippen molar-refractivity contribution < 1.29 is 9.53 Å². The second-order valence-corrected chi connectivity index (χ2v) is 9.29. The number of aromatic nitrogens is 3. The van der Waals surface area contributed by atoms with Crippen molar-refractivity contribution in [3.8, 4) is 5.75 Å². The lowest BCUT2D eigenvalue weighted by Crippen LogP contribution is -2.16. The van der Waals surface area contributed by atoms with Gasteiger partial charge in [-0.25, -0.2) is 0 Å². The van der Waals surface area contributed by atoms with E-state index in [4.69, 9.17) is 4.74 Å². The third-order valence-electron chi connectivity index (χ3n) is 4.65. The summed E-state index contributed by atoms with van der Waals surface area (Å²) in [7, 11) is 0. The number of carbonyl (C=O) groups is 1. The van der Waals surface area contributed by atoms with E-state index in [2.05, 4.69) is 56.8 Å². The molecule has 0 aliphatic heterocycles. The fraction of sp³-hybridized carbons (Fsp3) is 0.261. The molecular weight excluding hydrogens is 523 g/mol. The predicted molar refractivity (Wildman–Crippen MR) is 134 cm³/mol. The maximum atomic E-state index is 12.6. The molecular formula is C23H25IN4O2S.